The molecule has 0 aromatic carbocycles. The van der Waals surface area contributed by atoms with Crippen LogP contribution in [0.25, 0.3) is 0 Å². The Bertz CT molecular complexity index is 311. The second-order valence-corrected chi connectivity index (χ2v) is 3.31. The quantitative estimate of drug-likeness (QED) is 0.324. The molecule has 1 atom stereocenters. The predicted molar refractivity (Wildman–Crippen MR) is 56.2 cm³/mol. The fraction of sp³-hybridized carbons (Fsp3) is 0.455. The SMILES string of the molecule is C#CCCCC(NN)c1coc(C)c1. The summed E-state index contributed by atoms with van der Waals surface area (Å²) in [5, 5.41) is 0. The van der Waals surface area contributed by atoms with Crippen molar-refractivity contribution in [1.29, 1.82) is 0 Å². The molecular weight excluding hydrogens is 176 g/mol. The largest absolute Gasteiger partial charge is 0.469 e. The molecule has 14 heavy (non-hydrogen) atoms. The molecule has 1 unspecified atom stereocenters. The van der Waals surface area contributed by atoms with E-state index in [4.69, 9.17) is 16.7 Å². The van der Waals surface area contributed by atoms with E-state index in [1.54, 1.807) is 6.26 Å². The van der Waals surface area contributed by atoms with E-state index in [0.29, 0.717) is 0 Å². The van der Waals surface area contributed by atoms with Crippen molar-refractivity contribution in [1.82, 2.24) is 5.43 Å². The number of unbranched alkanes of at least 4 members (excludes halogenated alkanes) is 1. The van der Waals surface area contributed by atoms with Gasteiger partial charge in [0.1, 0.15) is 5.76 Å². The van der Waals surface area contributed by atoms with Gasteiger partial charge in [0.05, 0.1) is 6.26 Å². The van der Waals surface area contributed by atoms with Crippen LogP contribution in [0.5, 0.6) is 0 Å². The van der Waals surface area contributed by atoms with Gasteiger partial charge in [-0.1, -0.05) is 0 Å². The summed E-state index contributed by atoms with van der Waals surface area (Å²) >= 11 is 0. The minimum atomic E-state index is 0.140. The Morgan fingerprint density at radius 3 is 3.00 bits per heavy atom. The first-order valence-corrected chi connectivity index (χ1v) is 4.72. The normalized spacial score (nSPS) is 12.4. The van der Waals surface area contributed by atoms with Gasteiger partial charge in [0.2, 0.25) is 0 Å². The average Bonchev–Trinajstić information content (AvgIpc) is 2.60. The zero-order chi connectivity index (χ0) is 10.4. The molecule has 0 amide bonds. The molecule has 1 aromatic heterocycles. The molecule has 0 spiro atoms. The summed E-state index contributed by atoms with van der Waals surface area (Å²) < 4.78 is 5.22. The van der Waals surface area contributed by atoms with Crippen LogP contribution in [0.2, 0.25) is 0 Å². The van der Waals surface area contributed by atoms with Gasteiger partial charge in [-0.15, -0.1) is 12.3 Å². The first kappa shape index (κ1) is 10.8. The highest BCUT2D eigenvalue weighted by atomic mass is 16.3. The van der Waals surface area contributed by atoms with Gasteiger partial charge >= 0.3 is 0 Å². The Hall–Kier alpha value is -1.24. The monoisotopic (exact) mass is 192 g/mol. The van der Waals surface area contributed by atoms with Crippen molar-refractivity contribution in [2.75, 3.05) is 0 Å². The summed E-state index contributed by atoms with van der Waals surface area (Å²) in [4.78, 5) is 0. The van der Waals surface area contributed by atoms with Gasteiger partial charge < -0.3 is 4.42 Å². The highest BCUT2D eigenvalue weighted by Crippen LogP contribution is 2.20. The number of hydrogen-bond donors (Lipinski definition) is 2. The molecule has 0 radical (unpaired) electrons. The zero-order valence-corrected chi connectivity index (χ0v) is 8.42. The van der Waals surface area contributed by atoms with Gasteiger partial charge in [-0.3, -0.25) is 11.3 Å². The van der Waals surface area contributed by atoms with Crippen molar-refractivity contribution in [3.8, 4) is 12.3 Å². The van der Waals surface area contributed by atoms with Gasteiger partial charge in [-0.25, -0.2) is 0 Å². The number of furan rings is 1. The maximum absolute atomic E-state index is 5.45. The van der Waals surface area contributed by atoms with E-state index in [2.05, 4.69) is 11.3 Å². The molecule has 3 nitrogen and oxygen atoms in total. The second-order valence-electron chi connectivity index (χ2n) is 3.31. The molecule has 0 bridgehead atoms. The molecule has 1 heterocycles. The third-order valence-corrected chi connectivity index (χ3v) is 2.17. The summed E-state index contributed by atoms with van der Waals surface area (Å²) in [5.74, 6) is 8.96. The Balaban J connectivity index is 2.50. The minimum Gasteiger partial charge on any atom is -0.469 e. The van der Waals surface area contributed by atoms with Crippen LogP contribution >= 0.6 is 0 Å². The number of hydrogen-bond acceptors (Lipinski definition) is 3. The molecule has 0 saturated heterocycles. The highest BCUT2D eigenvalue weighted by Gasteiger charge is 2.10. The second kappa shape index (κ2) is 5.48. The molecular formula is C11H16N2O. The van der Waals surface area contributed by atoms with Crippen LogP contribution in [0.1, 0.15) is 36.6 Å². The maximum atomic E-state index is 5.45. The van der Waals surface area contributed by atoms with E-state index in [1.807, 2.05) is 13.0 Å². The molecule has 0 aliphatic carbocycles. The number of nitrogens with one attached hydrogen (secondary N) is 1. The number of nitrogens with two attached hydrogens (primary N) is 1. The molecule has 0 aliphatic rings. The fourth-order valence-electron chi connectivity index (χ4n) is 1.40. The van der Waals surface area contributed by atoms with E-state index >= 15 is 0 Å². The lowest BCUT2D eigenvalue weighted by molar-refractivity contribution is 0.486. The summed E-state index contributed by atoms with van der Waals surface area (Å²) in [6.07, 6.45) is 9.60. The van der Waals surface area contributed by atoms with Crippen molar-refractivity contribution >= 4 is 0 Å². The first-order valence-electron chi connectivity index (χ1n) is 4.72. The smallest absolute Gasteiger partial charge is 0.101 e. The zero-order valence-electron chi connectivity index (χ0n) is 8.42. The fourth-order valence-corrected chi connectivity index (χ4v) is 1.40. The van der Waals surface area contributed by atoms with E-state index in [1.165, 1.54) is 0 Å². The number of rotatable bonds is 5. The highest BCUT2D eigenvalue weighted by molar-refractivity contribution is 5.16. The Labute approximate surface area is 84.6 Å². The number of aryl methyl sites for hydroxylation is 1. The van der Waals surface area contributed by atoms with Crippen LogP contribution in [-0.2, 0) is 0 Å². The first-order chi connectivity index (χ1) is 6.77. The molecule has 3 heteroatoms. The van der Waals surface area contributed by atoms with Crippen LogP contribution in [0.3, 0.4) is 0 Å². The molecule has 76 valence electrons. The lowest BCUT2D eigenvalue weighted by Crippen LogP contribution is -2.27. The summed E-state index contributed by atoms with van der Waals surface area (Å²) in [6, 6.07) is 2.13. The molecule has 0 saturated carbocycles. The van der Waals surface area contributed by atoms with Crippen LogP contribution in [-0.4, -0.2) is 0 Å². The summed E-state index contributed by atoms with van der Waals surface area (Å²) in [6.45, 7) is 1.92. The van der Waals surface area contributed by atoms with E-state index in [9.17, 15) is 0 Å². The van der Waals surface area contributed by atoms with E-state index in [-0.39, 0.29) is 6.04 Å². The average molecular weight is 192 g/mol. The predicted octanol–water partition coefficient (Wildman–Crippen LogP) is 1.90. The number of hydrazine groups is 1. The molecule has 0 aliphatic heterocycles. The van der Waals surface area contributed by atoms with Crippen LogP contribution in [0, 0.1) is 19.3 Å². The lowest BCUT2D eigenvalue weighted by Gasteiger charge is -2.12. The third-order valence-electron chi connectivity index (χ3n) is 2.17. The Kier molecular flexibility index (Phi) is 4.24. The Morgan fingerprint density at radius 1 is 1.71 bits per heavy atom. The van der Waals surface area contributed by atoms with Gasteiger partial charge in [-0.2, -0.15) is 0 Å². The molecule has 3 N–H and O–H groups in total. The Morgan fingerprint density at radius 2 is 2.50 bits per heavy atom. The van der Waals surface area contributed by atoms with Gasteiger partial charge in [0.15, 0.2) is 0 Å². The van der Waals surface area contributed by atoms with Crippen molar-refractivity contribution in [3.63, 3.8) is 0 Å². The molecule has 1 aromatic rings. The van der Waals surface area contributed by atoms with Crippen molar-refractivity contribution in [2.45, 2.75) is 32.2 Å². The van der Waals surface area contributed by atoms with Crippen molar-refractivity contribution in [2.24, 2.45) is 5.84 Å². The van der Waals surface area contributed by atoms with Crippen molar-refractivity contribution in [3.05, 3.63) is 23.7 Å². The number of terminal acetylenes is 1. The topological polar surface area (TPSA) is 51.2 Å². The maximum Gasteiger partial charge on any atom is 0.101 e. The summed E-state index contributed by atoms with van der Waals surface area (Å²) in [5.41, 5.74) is 3.85. The van der Waals surface area contributed by atoms with Gasteiger partial charge in [-0.05, 0) is 25.8 Å². The standard InChI is InChI=1S/C11H16N2O/c1-3-4-5-6-11(13-12)10-7-9(2)14-8-10/h1,7-8,11,13H,4-6,12H2,2H3. The summed E-state index contributed by atoms with van der Waals surface area (Å²) in [7, 11) is 0. The third kappa shape index (κ3) is 2.91. The lowest BCUT2D eigenvalue weighted by atomic mass is 10.0. The van der Waals surface area contributed by atoms with Crippen molar-refractivity contribution < 1.29 is 4.42 Å². The van der Waals surface area contributed by atoms with Crippen LogP contribution in [0.4, 0.5) is 0 Å². The van der Waals surface area contributed by atoms with Gasteiger partial charge in [0, 0.05) is 18.0 Å². The molecule has 1 rings (SSSR count). The van der Waals surface area contributed by atoms with E-state index in [0.717, 1.165) is 30.6 Å². The van der Waals surface area contributed by atoms with Crippen LogP contribution < -0.4 is 11.3 Å². The van der Waals surface area contributed by atoms with E-state index < -0.39 is 0 Å². The van der Waals surface area contributed by atoms with Gasteiger partial charge in [0.25, 0.3) is 0 Å². The minimum absolute atomic E-state index is 0.140. The molecule has 0 fully saturated rings. The van der Waals surface area contributed by atoms with Crippen LogP contribution in [0.15, 0.2) is 16.7 Å².